The lowest BCUT2D eigenvalue weighted by atomic mass is 9.92. The van der Waals surface area contributed by atoms with Gasteiger partial charge in [0.25, 0.3) is 5.91 Å². The number of nitrogens with one attached hydrogen (secondary N) is 2. The number of aromatic amines is 1. The fourth-order valence-corrected chi connectivity index (χ4v) is 4.57. The van der Waals surface area contributed by atoms with Gasteiger partial charge in [0.2, 0.25) is 0 Å². The number of fused-ring (bicyclic) bond motifs is 1. The van der Waals surface area contributed by atoms with Gasteiger partial charge in [0.15, 0.2) is 0 Å². The van der Waals surface area contributed by atoms with E-state index in [0.29, 0.717) is 15.9 Å². The van der Waals surface area contributed by atoms with Crippen LogP contribution >= 0.6 is 12.2 Å². The van der Waals surface area contributed by atoms with Crippen LogP contribution in [0.3, 0.4) is 0 Å². The minimum absolute atomic E-state index is 0.0241. The Morgan fingerprint density at radius 1 is 1.00 bits per heavy atom. The summed E-state index contributed by atoms with van der Waals surface area (Å²) in [5, 5.41) is 4.52. The van der Waals surface area contributed by atoms with Crippen molar-refractivity contribution in [1.82, 2.24) is 9.55 Å². The first-order valence-electron chi connectivity index (χ1n) is 11.6. The van der Waals surface area contributed by atoms with Crippen molar-refractivity contribution < 1.29 is 14.3 Å². The van der Waals surface area contributed by atoms with Crippen LogP contribution in [-0.4, -0.2) is 27.2 Å². The summed E-state index contributed by atoms with van der Waals surface area (Å²) in [4.78, 5) is 28.7. The van der Waals surface area contributed by atoms with Crippen molar-refractivity contribution in [2.45, 2.75) is 44.6 Å². The van der Waals surface area contributed by atoms with E-state index in [1.807, 2.05) is 45.0 Å². The number of pyridine rings is 1. The molecule has 35 heavy (non-hydrogen) atoms. The van der Waals surface area contributed by atoms with Crippen LogP contribution in [0.25, 0.3) is 10.8 Å². The van der Waals surface area contributed by atoms with Gasteiger partial charge in [-0.2, -0.15) is 0 Å². The Hall–Kier alpha value is -3.71. The number of benzene rings is 2. The molecule has 0 spiro atoms. The van der Waals surface area contributed by atoms with E-state index in [-0.39, 0.29) is 11.3 Å². The van der Waals surface area contributed by atoms with Crippen molar-refractivity contribution in [2.75, 3.05) is 5.32 Å². The zero-order chi connectivity index (χ0) is 24.8. The summed E-state index contributed by atoms with van der Waals surface area (Å²) in [6, 6.07) is 19.6. The first-order chi connectivity index (χ1) is 16.6. The molecule has 2 heterocycles. The molecule has 1 saturated carbocycles. The van der Waals surface area contributed by atoms with Gasteiger partial charge in [0.05, 0.1) is 5.69 Å². The number of anilines is 1. The molecule has 2 aromatic carbocycles. The Kier molecular flexibility index (Phi) is 5.60. The van der Waals surface area contributed by atoms with E-state index in [2.05, 4.69) is 34.6 Å². The fourth-order valence-electron chi connectivity index (χ4n) is 4.34. The SMILES string of the molecule is CC(C)(C)OC(=O)n1cc2ccc(C(=O)Nc3ccc(C4(c5ccccc5)CC4)[nH]c3=S)cc2c1. The lowest BCUT2D eigenvalue weighted by molar-refractivity contribution is 0.0537. The second-order valence-electron chi connectivity index (χ2n) is 10.0. The Morgan fingerprint density at radius 2 is 1.71 bits per heavy atom. The minimum Gasteiger partial charge on any atom is -0.443 e. The van der Waals surface area contributed by atoms with Gasteiger partial charge >= 0.3 is 6.09 Å². The third-order valence-electron chi connectivity index (χ3n) is 6.26. The van der Waals surface area contributed by atoms with Crippen molar-refractivity contribution in [1.29, 1.82) is 0 Å². The minimum atomic E-state index is -0.590. The predicted molar refractivity (Wildman–Crippen MR) is 140 cm³/mol. The maximum Gasteiger partial charge on any atom is 0.418 e. The van der Waals surface area contributed by atoms with Crippen molar-refractivity contribution in [2.24, 2.45) is 0 Å². The molecule has 0 aliphatic heterocycles. The molecule has 0 saturated heterocycles. The summed E-state index contributed by atoms with van der Waals surface area (Å²) < 4.78 is 7.31. The number of nitrogens with zero attached hydrogens (tertiary/aromatic N) is 1. The van der Waals surface area contributed by atoms with Crippen LogP contribution in [0.4, 0.5) is 10.5 Å². The van der Waals surface area contributed by atoms with Gasteiger partial charge in [-0.1, -0.05) is 48.6 Å². The molecule has 2 aromatic heterocycles. The summed E-state index contributed by atoms with van der Waals surface area (Å²) in [6.45, 7) is 5.46. The van der Waals surface area contributed by atoms with E-state index in [9.17, 15) is 9.59 Å². The molecule has 7 heteroatoms. The van der Waals surface area contributed by atoms with Gasteiger partial charge in [-0.05, 0) is 63.4 Å². The lowest BCUT2D eigenvalue weighted by Gasteiger charge is -2.19. The number of ether oxygens (including phenoxy) is 1. The van der Waals surface area contributed by atoms with Crippen LogP contribution in [0.5, 0.6) is 0 Å². The normalized spacial score (nSPS) is 14.5. The number of rotatable bonds is 4. The summed E-state index contributed by atoms with van der Waals surface area (Å²) in [7, 11) is 0. The van der Waals surface area contributed by atoms with E-state index < -0.39 is 11.7 Å². The quantitative estimate of drug-likeness (QED) is 0.311. The smallest absolute Gasteiger partial charge is 0.418 e. The monoisotopic (exact) mass is 485 g/mol. The van der Waals surface area contributed by atoms with E-state index in [0.717, 1.165) is 29.3 Å². The Labute approximate surface area is 208 Å². The van der Waals surface area contributed by atoms with Crippen LogP contribution < -0.4 is 5.32 Å². The van der Waals surface area contributed by atoms with E-state index >= 15 is 0 Å². The van der Waals surface area contributed by atoms with Gasteiger partial charge in [0, 0.05) is 39.8 Å². The largest absolute Gasteiger partial charge is 0.443 e. The summed E-state index contributed by atoms with van der Waals surface area (Å²) in [5.41, 5.74) is 2.76. The molecule has 1 aliphatic carbocycles. The molecule has 1 aliphatic rings. The molecule has 5 rings (SSSR count). The number of H-pyrrole nitrogens is 1. The van der Waals surface area contributed by atoms with E-state index in [4.69, 9.17) is 17.0 Å². The molecular formula is C28H27N3O3S. The van der Waals surface area contributed by atoms with Gasteiger partial charge < -0.3 is 15.0 Å². The fraction of sp³-hybridized carbons (Fsp3) is 0.250. The Balaban J connectivity index is 1.34. The lowest BCUT2D eigenvalue weighted by Crippen LogP contribution is -2.26. The number of carbonyl (C=O) groups excluding carboxylic acids is 2. The molecule has 0 radical (unpaired) electrons. The van der Waals surface area contributed by atoms with Gasteiger partial charge in [-0.25, -0.2) is 4.79 Å². The molecule has 6 nitrogen and oxygen atoms in total. The first-order valence-corrected chi connectivity index (χ1v) is 12.0. The molecule has 178 valence electrons. The highest BCUT2D eigenvalue weighted by molar-refractivity contribution is 7.71. The molecule has 0 bridgehead atoms. The molecule has 2 N–H and O–H groups in total. The molecule has 4 aromatic rings. The molecule has 1 amide bonds. The zero-order valence-electron chi connectivity index (χ0n) is 19.9. The van der Waals surface area contributed by atoms with E-state index in [1.54, 1.807) is 24.5 Å². The number of hydrogen-bond donors (Lipinski definition) is 2. The molecule has 1 fully saturated rings. The maximum atomic E-state index is 13.0. The highest BCUT2D eigenvalue weighted by atomic mass is 32.1. The van der Waals surface area contributed by atoms with Gasteiger partial charge in [0.1, 0.15) is 10.2 Å². The maximum absolute atomic E-state index is 13.0. The third-order valence-corrected chi connectivity index (χ3v) is 6.58. The highest BCUT2D eigenvalue weighted by Gasteiger charge is 2.46. The second-order valence-corrected chi connectivity index (χ2v) is 10.4. The number of hydrogen-bond acceptors (Lipinski definition) is 4. The number of amides is 1. The summed E-state index contributed by atoms with van der Waals surface area (Å²) in [5.74, 6) is -0.270. The zero-order valence-corrected chi connectivity index (χ0v) is 20.7. The average molecular weight is 486 g/mol. The number of carbonyl (C=O) groups is 2. The average Bonchev–Trinajstić information content (AvgIpc) is 3.51. The second kappa shape index (κ2) is 8.50. The van der Waals surface area contributed by atoms with Crippen molar-refractivity contribution >= 4 is 40.7 Å². The molecule has 0 atom stereocenters. The standard InChI is InChI=1S/C28H27N3O3S/c1-27(2,3)34-26(33)31-16-19-10-9-18(15-20(19)17-31)24(32)29-22-11-12-23(30-25(22)35)28(13-14-28)21-7-5-4-6-8-21/h4-12,15-17H,13-14H2,1-3H3,(H,29,32)(H,30,35). The first kappa shape index (κ1) is 23.1. The third kappa shape index (κ3) is 4.64. The van der Waals surface area contributed by atoms with Crippen LogP contribution in [-0.2, 0) is 10.2 Å². The van der Waals surface area contributed by atoms with Crippen LogP contribution in [0.1, 0.15) is 55.2 Å². The molecular weight excluding hydrogens is 458 g/mol. The van der Waals surface area contributed by atoms with Gasteiger partial charge in [-0.3, -0.25) is 9.36 Å². The predicted octanol–water partition coefficient (Wildman–Crippen LogP) is 6.81. The molecule has 0 unspecified atom stereocenters. The van der Waals surface area contributed by atoms with Crippen LogP contribution in [0.15, 0.2) is 73.1 Å². The Morgan fingerprint density at radius 3 is 2.37 bits per heavy atom. The topological polar surface area (TPSA) is 76.1 Å². The van der Waals surface area contributed by atoms with Crippen molar-refractivity contribution in [3.05, 3.63) is 94.5 Å². The summed E-state index contributed by atoms with van der Waals surface area (Å²) in [6.07, 6.45) is 5.03. The number of aromatic nitrogens is 2. The van der Waals surface area contributed by atoms with Crippen molar-refractivity contribution in [3.63, 3.8) is 0 Å². The highest BCUT2D eigenvalue weighted by Crippen LogP contribution is 2.52. The van der Waals surface area contributed by atoms with Crippen molar-refractivity contribution in [3.8, 4) is 0 Å². The van der Waals surface area contributed by atoms with Crippen LogP contribution in [0.2, 0.25) is 0 Å². The summed E-state index contributed by atoms with van der Waals surface area (Å²) >= 11 is 5.58. The van der Waals surface area contributed by atoms with Crippen LogP contribution in [0, 0.1) is 4.64 Å². The van der Waals surface area contributed by atoms with E-state index in [1.165, 1.54) is 10.1 Å². The Bertz CT molecular complexity index is 1490. The van der Waals surface area contributed by atoms with Gasteiger partial charge in [-0.15, -0.1) is 0 Å².